The summed E-state index contributed by atoms with van der Waals surface area (Å²) in [5.41, 5.74) is 4.49. The molecule has 0 aromatic heterocycles. The van der Waals surface area contributed by atoms with Crippen molar-refractivity contribution in [3.8, 4) is 0 Å². The van der Waals surface area contributed by atoms with Crippen LogP contribution in [0.25, 0.3) is 0 Å². The third-order valence-corrected chi connectivity index (χ3v) is 7.58. The molecule has 1 fully saturated rings. The fourth-order valence-corrected chi connectivity index (χ4v) is 4.94. The topological polar surface area (TPSA) is 73.0 Å². The molecule has 0 bridgehead atoms. The van der Waals surface area contributed by atoms with Gasteiger partial charge in [-0.15, -0.1) is 0 Å². The molecule has 0 saturated carbocycles. The molecule has 174 valence electrons. The number of rotatable bonds is 9. The monoisotopic (exact) mass is 458 g/mol. The fraction of sp³-hybridized carbons (Fsp3) is 0.458. The van der Waals surface area contributed by atoms with Crippen molar-refractivity contribution in [3.63, 3.8) is 0 Å². The predicted octanol–water partition coefficient (Wildman–Crippen LogP) is 2.83. The van der Waals surface area contributed by atoms with E-state index in [9.17, 15) is 13.2 Å². The van der Waals surface area contributed by atoms with Crippen LogP contribution in [0.2, 0.25) is 0 Å². The van der Waals surface area contributed by atoms with Gasteiger partial charge < -0.3 is 5.32 Å². The molecule has 2 aromatic carbocycles. The summed E-state index contributed by atoms with van der Waals surface area (Å²) in [4.78, 5) is 15.2. The molecule has 0 spiro atoms. The first-order valence-electron chi connectivity index (χ1n) is 11.0. The van der Waals surface area contributed by atoms with Crippen molar-refractivity contribution in [2.24, 2.45) is 0 Å². The molecule has 1 amide bonds. The Morgan fingerprint density at radius 1 is 1.00 bits per heavy atom. The number of hydrogen-bond donors (Lipinski definition) is 1. The average Bonchev–Trinajstić information content (AvgIpc) is 3.26. The maximum absolute atomic E-state index is 13.0. The van der Waals surface area contributed by atoms with Crippen LogP contribution < -0.4 is 9.62 Å². The van der Waals surface area contributed by atoms with Crippen LogP contribution in [0.4, 0.5) is 5.69 Å². The van der Waals surface area contributed by atoms with E-state index in [0.29, 0.717) is 12.2 Å². The normalized spacial score (nSPS) is 14.7. The molecular formula is C24H34N4O3S. The van der Waals surface area contributed by atoms with Crippen LogP contribution in [0.3, 0.4) is 0 Å². The van der Waals surface area contributed by atoms with Gasteiger partial charge in [0.05, 0.1) is 5.69 Å². The molecule has 0 unspecified atom stereocenters. The van der Waals surface area contributed by atoms with Crippen molar-refractivity contribution in [1.82, 2.24) is 14.5 Å². The Hall–Kier alpha value is -2.42. The Morgan fingerprint density at radius 3 is 2.25 bits per heavy atom. The highest BCUT2D eigenvalue weighted by Gasteiger charge is 2.28. The first-order chi connectivity index (χ1) is 15.2. The maximum Gasteiger partial charge on any atom is 0.304 e. The zero-order valence-electron chi connectivity index (χ0n) is 19.5. The quantitative estimate of drug-likeness (QED) is 0.627. The van der Waals surface area contributed by atoms with Crippen LogP contribution in [-0.4, -0.2) is 57.3 Å². The van der Waals surface area contributed by atoms with E-state index in [0.717, 1.165) is 40.6 Å². The Balaban J connectivity index is 1.65. The Kier molecular flexibility index (Phi) is 7.92. The molecule has 1 aliphatic heterocycles. The van der Waals surface area contributed by atoms with E-state index in [4.69, 9.17) is 0 Å². The van der Waals surface area contributed by atoms with Crippen molar-refractivity contribution in [1.29, 1.82) is 0 Å². The number of benzene rings is 2. The smallest absolute Gasteiger partial charge is 0.304 e. The summed E-state index contributed by atoms with van der Waals surface area (Å²) in [5, 5.41) is 2.86. The highest BCUT2D eigenvalue weighted by Crippen LogP contribution is 2.25. The number of anilines is 1. The van der Waals surface area contributed by atoms with E-state index >= 15 is 0 Å². The van der Waals surface area contributed by atoms with Crippen LogP contribution >= 0.6 is 0 Å². The van der Waals surface area contributed by atoms with Gasteiger partial charge in [-0.3, -0.25) is 9.69 Å². The van der Waals surface area contributed by atoms with E-state index in [1.165, 1.54) is 36.8 Å². The van der Waals surface area contributed by atoms with Gasteiger partial charge in [0.25, 0.3) is 0 Å². The summed E-state index contributed by atoms with van der Waals surface area (Å²) in [7, 11) is -0.891. The first kappa shape index (κ1) is 24.2. The van der Waals surface area contributed by atoms with Gasteiger partial charge in [-0.1, -0.05) is 36.4 Å². The fourth-order valence-electron chi connectivity index (χ4n) is 3.82. The van der Waals surface area contributed by atoms with E-state index in [-0.39, 0.29) is 12.5 Å². The molecule has 1 N–H and O–H groups in total. The summed E-state index contributed by atoms with van der Waals surface area (Å²) in [5.74, 6) is -0.350. The van der Waals surface area contributed by atoms with Gasteiger partial charge in [-0.2, -0.15) is 12.7 Å². The number of hydrogen-bond acceptors (Lipinski definition) is 4. The first-order valence-corrected chi connectivity index (χ1v) is 12.4. The Labute approximate surface area is 192 Å². The minimum Gasteiger partial charge on any atom is -0.350 e. The lowest BCUT2D eigenvalue weighted by atomic mass is 10.1. The van der Waals surface area contributed by atoms with Crippen LogP contribution in [0, 0.1) is 13.8 Å². The van der Waals surface area contributed by atoms with Crippen molar-refractivity contribution in [2.45, 2.75) is 39.8 Å². The molecule has 1 saturated heterocycles. The Morgan fingerprint density at radius 2 is 1.62 bits per heavy atom. The Bertz CT molecular complexity index is 1030. The minimum atomic E-state index is -3.83. The number of aryl methyl sites for hydroxylation is 2. The average molecular weight is 459 g/mol. The van der Waals surface area contributed by atoms with Crippen LogP contribution in [0.15, 0.2) is 42.5 Å². The maximum atomic E-state index is 13.0. The van der Waals surface area contributed by atoms with Crippen LogP contribution in [0.5, 0.6) is 0 Å². The van der Waals surface area contributed by atoms with Crippen molar-refractivity contribution >= 4 is 21.8 Å². The molecule has 0 aliphatic carbocycles. The molecule has 7 nitrogen and oxygen atoms in total. The number of nitrogens with zero attached hydrogens (tertiary/aromatic N) is 3. The number of nitrogens with one attached hydrogen (secondary N) is 1. The lowest BCUT2D eigenvalue weighted by Gasteiger charge is -2.28. The van der Waals surface area contributed by atoms with Crippen LogP contribution in [-0.2, 0) is 28.1 Å². The molecule has 8 heteroatoms. The van der Waals surface area contributed by atoms with Gasteiger partial charge in [0, 0.05) is 27.2 Å². The van der Waals surface area contributed by atoms with Crippen molar-refractivity contribution in [3.05, 3.63) is 64.7 Å². The van der Waals surface area contributed by atoms with Crippen molar-refractivity contribution in [2.75, 3.05) is 38.0 Å². The predicted molar refractivity (Wildman–Crippen MR) is 129 cm³/mol. The zero-order chi connectivity index (χ0) is 23.3. The largest absolute Gasteiger partial charge is 0.350 e. The summed E-state index contributed by atoms with van der Waals surface area (Å²) >= 11 is 0. The highest BCUT2D eigenvalue weighted by molar-refractivity contribution is 7.90. The summed E-state index contributed by atoms with van der Waals surface area (Å²) in [6, 6.07) is 13.8. The molecule has 0 radical (unpaired) electrons. The van der Waals surface area contributed by atoms with E-state index < -0.39 is 10.2 Å². The van der Waals surface area contributed by atoms with Gasteiger partial charge in [-0.25, -0.2) is 4.31 Å². The molecular weight excluding hydrogens is 424 g/mol. The van der Waals surface area contributed by atoms with Crippen molar-refractivity contribution < 1.29 is 13.2 Å². The van der Waals surface area contributed by atoms with E-state index in [1.807, 2.05) is 38.1 Å². The third-order valence-electron chi connectivity index (χ3n) is 5.78. The number of carbonyl (C=O) groups excluding carboxylic acids is 1. The SMILES string of the molecule is Cc1ccc(C)c(N(CC(=O)NCc2ccc(CN3CCCC3)cc2)S(=O)(=O)N(C)C)c1. The lowest BCUT2D eigenvalue weighted by molar-refractivity contribution is -0.119. The molecule has 2 aromatic rings. The number of amides is 1. The van der Waals surface area contributed by atoms with E-state index in [2.05, 4.69) is 22.3 Å². The van der Waals surface area contributed by atoms with Gasteiger partial charge in [-0.05, 0) is 68.1 Å². The van der Waals surface area contributed by atoms with Gasteiger partial charge >= 0.3 is 10.2 Å². The summed E-state index contributed by atoms with van der Waals surface area (Å²) in [6.07, 6.45) is 2.54. The molecule has 1 heterocycles. The zero-order valence-corrected chi connectivity index (χ0v) is 20.3. The minimum absolute atomic E-state index is 0.280. The molecule has 3 rings (SSSR count). The standard InChI is InChI=1S/C24H34N4O3S/c1-19-7-8-20(2)23(15-19)28(32(30,31)26(3)4)18-24(29)25-16-21-9-11-22(12-10-21)17-27-13-5-6-14-27/h7-12,15H,5-6,13-14,16-18H2,1-4H3,(H,25,29). The molecule has 0 atom stereocenters. The summed E-state index contributed by atoms with van der Waals surface area (Å²) < 4.78 is 28.2. The van der Waals surface area contributed by atoms with E-state index in [1.54, 1.807) is 6.07 Å². The van der Waals surface area contributed by atoms with Gasteiger partial charge in [0.1, 0.15) is 6.54 Å². The lowest BCUT2D eigenvalue weighted by Crippen LogP contribution is -2.46. The summed E-state index contributed by atoms with van der Waals surface area (Å²) in [6.45, 7) is 7.09. The second-order valence-electron chi connectivity index (χ2n) is 8.66. The third kappa shape index (κ3) is 6.09. The van der Waals surface area contributed by atoms with Crippen LogP contribution in [0.1, 0.15) is 35.1 Å². The van der Waals surface area contributed by atoms with Gasteiger partial charge in [0.15, 0.2) is 0 Å². The number of carbonyl (C=O) groups is 1. The second kappa shape index (κ2) is 10.5. The van der Waals surface area contributed by atoms with Gasteiger partial charge in [0.2, 0.25) is 5.91 Å². The number of likely N-dealkylation sites (tertiary alicyclic amines) is 1. The highest BCUT2D eigenvalue weighted by atomic mass is 32.2. The second-order valence-corrected chi connectivity index (χ2v) is 10.7. The molecule has 1 aliphatic rings. The molecule has 32 heavy (non-hydrogen) atoms.